The molecule has 0 aromatic carbocycles. The van der Waals surface area contributed by atoms with Crippen molar-refractivity contribution in [3.05, 3.63) is 60.8 Å². The lowest BCUT2D eigenvalue weighted by Crippen LogP contribution is -2.30. The Labute approximate surface area is 510 Å². The SMILES string of the molecule is CCCC/C=C\C/C=C\CCCCCCCC(=O)OCC(COC(=O)CCCCCCCCCCCCCCCCCCCCCCCCC/C=C\CCCCCCCCCC)OC(=O)CCCCCCC/C=C\C/C=C\CCCCC. The summed E-state index contributed by atoms with van der Waals surface area (Å²) >= 11 is 0. The van der Waals surface area contributed by atoms with Gasteiger partial charge in [0, 0.05) is 19.3 Å². The zero-order valence-electron chi connectivity index (χ0n) is 55.0. The average Bonchev–Trinajstić information content (AvgIpc) is 3.47. The van der Waals surface area contributed by atoms with Crippen LogP contribution in [0.4, 0.5) is 0 Å². The standard InChI is InChI=1S/C76H138O6/c1-4-7-10-13-16-19-22-25-28-29-30-31-32-33-34-35-36-37-38-39-40-41-42-43-44-45-46-47-49-51-54-57-60-63-66-69-75(78)81-72-73(71-80-74(77)68-65-62-59-56-53-50-27-24-21-18-15-12-9-6-3)82-76(79)70-67-64-61-58-55-52-48-26-23-20-17-14-11-8-5-2/h15,17-18,20,24,26-27,29-30,48,73H,4-14,16,19,21-23,25,28,31-47,49-72H2,1-3H3/b18-15-,20-17-,27-24-,30-29-,48-26-. The van der Waals surface area contributed by atoms with Gasteiger partial charge in [-0.25, -0.2) is 0 Å². The monoisotopic (exact) mass is 1150 g/mol. The molecule has 0 radical (unpaired) electrons. The highest BCUT2D eigenvalue weighted by atomic mass is 16.6. The molecule has 0 aromatic heterocycles. The van der Waals surface area contributed by atoms with Crippen LogP contribution in [0.5, 0.6) is 0 Å². The van der Waals surface area contributed by atoms with Gasteiger partial charge in [0.1, 0.15) is 13.2 Å². The quantitative estimate of drug-likeness (QED) is 0.0261. The molecule has 82 heavy (non-hydrogen) atoms. The molecule has 0 aliphatic rings. The van der Waals surface area contributed by atoms with E-state index in [4.69, 9.17) is 14.2 Å². The maximum Gasteiger partial charge on any atom is 0.306 e. The summed E-state index contributed by atoms with van der Waals surface area (Å²) in [5.74, 6) is -0.890. The highest BCUT2D eigenvalue weighted by molar-refractivity contribution is 5.71. The first kappa shape index (κ1) is 79.1. The van der Waals surface area contributed by atoms with Crippen molar-refractivity contribution in [2.24, 2.45) is 0 Å². The van der Waals surface area contributed by atoms with Crippen molar-refractivity contribution in [3.8, 4) is 0 Å². The number of carbonyl (C=O) groups is 3. The Balaban J connectivity index is 4.08. The maximum absolute atomic E-state index is 12.9. The van der Waals surface area contributed by atoms with Crippen LogP contribution in [0.3, 0.4) is 0 Å². The fourth-order valence-corrected chi connectivity index (χ4v) is 10.7. The first-order valence-corrected chi connectivity index (χ1v) is 36.3. The molecule has 0 spiro atoms. The summed E-state index contributed by atoms with van der Waals surface area (Å²) in [6, 6.07) is 0. The minimum atomic E-state index is -0.787. The van der Waals surface area contributed by atoms with Gasteiger partial charge in [0.25, 0.3) is 0 Å². The van der Waals surface area contributed by atoms with Gasteiger partial charge in [-0.05, 0) is 103 Å². The summed E-state index contributed by atoms with van der Waals surface area (Å²) in [6.07, 6.45) is 91.3. The summed E-state index contributed by atoms with van der Waals surface area (Å²) in [4.78, 5) is 38.3. The van der Waals surface area contributed by atoms with Crippen molar-refractivity contribution in [3.63, 3.8) is 0 Å². The fraction of sp³-hybridized carbons (Fsp3) is 0.829. The van der Waals surface area contributed by atoms with Gasteiger partial charge in [0.2, 0.25) is 0 Å². The van der Waals surface area contributed by atoms with E-state index in [0.29, 0.717) is 19.3 Å². The van der Waals surface area contributed by atoms with Crippen LogP contribution in [0.25, 0.3) is 0 Å². The van der Waals surface area contributed by atoms with Crippen molar-refractivity contribution < 1.29 is 28.6 Å². The van der Waals surface area contributed by atoms with Crippen LogP contribution in [0.1, 0.15) is 387 Å². The van der Waals surface area contributed by atoms with Crippen LogP contribution < -0.4 is 0 Å². The summed E-state index contributed by atoms with van der Waals surface area (Å²) in [6.45, 7) is 6.60. The van der Waals surface area contributed by atoms with E-state index in [9.17, 15) is 14.4 Å². The largest absolute Gasteiger partial charge is 0.462 e. The van der Waals surface area contributed by atoms with Crippen molar-refractivity contribution in [2.75, 3.05) is 13.2 Å². The maximum atomic E-state index is 12.9. The number of esters is 3. The Hall–Kier alpha value is -2.89. The molecule has 0 aliphatic heterocycles. The molecular weight excluding hydrogens is 1010 g/mol. The number of rotatable bonds is 67. The van der Waals surface area contributed by atoms with Gasteiger partial charge < -0.3 is 14.2 Å². The number of unbranched alkanes of at least 4 members (excludes halogenated alkanes) is 46. The molecule has 0 rings (SSSR count). The van der Waals surface area contributed by atoms with Gasteiger partial charge in [-0.15, -0.1) is 0 Å². The van der Waals surface area contributed by atoms with Crippen LogP contribution in [0, 0.1) is 0 Å². The molecule has 0 amide bonds. The van der Waals surface area contributed by atoms with Gasteiger partial charge >= 0.3 is 17.9 Å². The molecule has 0 N–H and O–H groups in total. The van der Waals surface area contributed by atoms with E-state index in [1.807, 2.05) is 0 Å². The molecule has 1 atom stereocenters. The van der Waals surface area contributed by atoms with Crippen molar-refractivity contribution >= 4 is 17.9 Å². The van der Waals surface area contributed by atoms with Crippen LogP contribution in [0.15, 0.2) is 60.8 Å². The summed E-state index contributed by atoms with van der Waals surface area (Å²) < 4.78 is 16.9. The average molecular weight is 1150 g/mol. The third kappa shape index (κ3) is 67.9. The van der Waals surface area contributed by atoms with E-state index >= 15 is 0 Å². The minimum Gasteiger partial charge on any atom is -0.462 e. The molecule has 0 heterocycles. The van der Waals surface area contributed by atoms with Crippen molar-refractivity contribution in [2.45, 2.75) is 393 Å². The first-order valence-electron chi connectivity index (χ1n) is 36.3. The predicted molar refractivity (Wildman–Crippen MR) is 358 cm³/mol. The molecule has 0 saturated carbocycles. The van der Waals surface area contributed by atoms with E-state index in [1.54, 1.807) is 0 Å². The third-order valence-corrected chi connectivity index (χ3v) is 16.2. The summed E-state index contributed by atoms with van der Waals surface area (Å²) in [5, 5.41) is 0. The Morgan fingerprint density at radius 3 is 0.744 bits per heavy atom. The first-order chi connectivity index (χ1) is 40.5. The molecule has 6 nitrogen and oxygen atoms in total. The number of allylic oxidation sites excluding steroid dienone is 10. The number of carbonyl (C=O) groups excluding carboxylic acids is 3. The lowest BCUT2D eigenvalue weighted by Gasteiger charge is -2.18. The Kier molecular flexibility index (Phi) is 68.1. The Morgan fingerprint density at radius 2 is 0.451 bits per heavy atom. The lowest BCUT2D eigenvalue weighted by atomic mass is 10.0. The van der Waals surface area contributed by atoms with Crippen LogP contribution >= 0.6 is 0 Å². The van der Waals surface area contributed by atoms with Gasteiger partial charge in [-0.1, -0.05) is 326 Å². The highest BCUT2D eigenvalue weighted by Gasteiger charge is 2.19. The molecule has 478 valence electrons. The molecule has 0 saturated heterocycles. The molecule has 0 aliphatic carbocycles. The second kappa shape index (κ2) is 70.6. The smallest absolute Gasteiger partial charge is 0.306 e. The third-order valence-electron chi connectivity index (χ3n) is 16.2. The summed E-state index contributed by atoms with van der Waals surface area (Å²) in [5.41, 5.74) is 0. The molecule has 0 aromatic rings. The van der Waals surface area contributed by atoms with E-state index in [1.165, 1.54) is 244 Å². The molecular formula is C76H138O6. The number of hydrogen-bond acceptors (Lipinski definition) is 6. The predicted octanol–water partition coefficient (Wildman–Crippen LogP) is 25.1. The van der Waals surface area contributed by atoms with Gasteiger partial charge in [-0.2, -0.15) is 0 Å². The molecule has 0 fully saturated rings. The Morgan fingerprint density at radius 1 is 0.244 bits per heavy atom. The fourth-order valence-electron chi connectivity index (χ4n) is 10.7. The second-order valence-electron chi connectivity index (χ2n) is 24.5. The molecule has 6 heteroatoms. The topological polar surface area (TPSA) is 78.9 Å². The van der Waals surface area contributed by atoms with Gasteiger partial charge in [-0.3, -0.25) is 14.4 Å². The second-order valence-corrected chi connectivity index (χ2v) is 24.5. The van der Waals surface area contributed by atoms with Crippen LogP contribution in [-0.2, 0) is 28.6 Å². The van der Waals surface area contributed by atoms with Crippen molar-refractivity contribution in [1.82, 2.24) is 0 Å². The highest BCUT2D eigenvalue weighted by Crippen LogP contribution is 2.18. The number of hydrogen-bond donors (Lipinski definition) is 0. The molecule has 1 unspecified atom stereocenters. The van der Waals surface area contributed by atoms with E-state index in [0.717, 1.165) is 103 Å². The van der Waals surface area contributed by atoms with E-state index in [-0.39, 0.29) is 31.1 Å². The van der Waals surface area contributed by atoms with Crippen LogP contribution in [-0.4, -0.2) is 37.2 Å². The lowest BCUT2D eigenvalue weighted by molar-refractivity contribution is -0.167. The normalized spacial score (nSPS) is 12.4. The zero-order valence-corrected chi connectivity index (χ0v) is 55.0. The number of ether oxygens (including phenoxy) is 3. The summed E-state index contributed by atoms with van der Waals surface area (Å²) in [7, 11) is 0. The van der Waals surface area contributed by atoms with Crippen molar-refractivity contribution in [1.29, 1.82) is 0 Å². The zero-order chi connectivity index (χ0) is 59.2. The van der Waals surface area contributed by atoms with Gasteiger partial charge in [0.15, 0.2) is 6.10 Å². The van der Waals surface area contributed by atoms with Gasteiger partial charge in [0.05, 0.1) is 0 Å². The van der Waals surface area contributed by atoms with E-state index < -0.39 is 6.10 Å². The minimum absolute atomic E-state index is 0.0812. The molecule has 0 bridgehead atoms. The Bertz CT molecular complexity index is 1460. The van der Waals surface area contributed by atoms with Crippen LogP contribution in [0.2, 0.25) is 0 Å². The van der Waals surface area contributed by atoms with E-state index in [2.05, 4.69) is 81.5 Å².